The van der Waals surface area contributed by atoms with Gasteiger partial charge in [-0.15, -0.1) is 0 Å². The first-order chi connectivity index (χ1) is 15.3. The Morgan fingerprint density at radius 1 is 0.844 bits per heavy atom. The average molecular weight is 455 g/mol. The summed E-state index contributed by atoms with van der Waals surface area (Å²) in [4.78, 5) is 0. The highest BCUT2D eigenvalue weighted by atomic mass is 19.3. The minimum Gasteiger partial charge on any atom is -0.491 e. The van der Waals surface area contributed by atoms with E-state index in [-0.39, 0.29) is 18.1 Å². The van der Waals surface area contributed by atoms with Gasteiger partial charge in [0.15, 0.2) is 18.1 Å². The molecule has 3 rings (SSSR count). The van der Waals surface area contributed by atoms with Gasteiger partial charge in [-0.05, 0) is 74.3 Å². The van der Waals surface area contributed by atoms with Crippen LogP contribution in [0, 0.1) is 17.6 Å². The molecule has 1 saturated carbocycles. The second kappa shape index (κ2) is 10.9. The first-order valence-corrected chi connectivity index (χ1v) is 11.2. The molecule has 0 saturated heterocycles. The lowest BCUT2D eigenvalue weighted by Crippen LogP contribution is -2.32. The van der Waals surface area contributed by atoms with Gasteiger partial charge in [-0.2, -0.15) is 17.6 Å². The van der Waals surface area contributed by atoms with Gasteiger partial charge in [0, 0.05) is 0 Å². The van der Waals surface area contributed by atoms with E-state index in [2.05, 4.69) is 6.92 Å². The maximum atomic E-state index is 14.2. The molecule has 1 fully saturated rings. The van der Waals surface area contributed by atoms with Crippen molar-refractivity contribution >= 4 is 0 Å². The molecule has 0 amide bonds. The molecule has 0 unspecified atom stereocenters. The van der Waals surface area contributed by atoms with Gasteiger partial charge < -0.3 is 14.2 Å². The lowest BCUT2D eigenvalue weighted by atomic mass is 9.77. The Labute approximate surface area is 186 Å². The second-order valence-corrected chi connectivity index (χ2v) is 8.23. The van der Waals surface area contributed by atoms with E-state index >= 15 is 0 Å². The highest BCUT2D eigenvalue weighted by Gasteiger charge is 2.34. The van der Waals surface area contributed by atoms with Crippen LogP contribution in [0.3, 0.4) is 0 Å². The molecule has 0 heterocycles. The molecular formula is C25H30F4O3. The third-order valence-electron chi connectivity index (χ3n) is 5.87. The molecule has 2 aromatic rings. The van der Waals surface area contributed by atoms with Crippen LogP contribution < -0.4 is 14.2 Å². The number of halogens is 4. The molecule has 0 aliphatic heterocycles. The van der Waals surface area contributed by atoms with Crippen LogP contribution in [-0.4, -0.2) is 19.3 Å². The van der Waals surface area contributed by atoms with Crippen LogP contribution in [0.15, 0.2) is 36.4 Å². The van der Waals surface area contributed by atoms with Crippen molar-refractivity contribution in [3.63, 3.8) is 0 Å². The van der Waals surface area contributed by atoms with Crippen molar-refractivity contribution in [2.45, 2.75) is 64.4 Å². The quantitative estimate of drug-likeness (QED) is 0.348. The topological polar surface area (TPSA) is 27.7 Å². The first kappa shape index (κ1) is 24.2. The lowest BCUT2D eigenvalue weighted by Gasteiger charge is -2.28. The molecule has 0 atom stereocenters. The molecule has 0 bridgehead atoms. The zero-order valence-corrected chi connectivity index (χ0v) is 18.5. The van der Waals surface area contributed by atoms with Gasteiger partial charge in [-0.25, -0.2) is 0 Å². The monoisotopic (exact) mass is 454 g/mol. The number of benzene rings is 2. The van der Waals surface area contributed by atoms with E-state index in [1.807, 2.05) is 12.1 Å². The molecule has 32 heavy (non-hydrogen) atoms. The van der Waals surface area contributed by atoms with Crippen LogP contribution >= 0.6 is 0 Å². The Kier molecular flexibility index (Phi) is 8.26. The Balaban J connectivity index is 1.55. The molecule has 1 aliphatic carbocycles. The van der Waals surface area contributed by atoms with Gasteiger partial charge in [-0.1, -0.05) is 31.9 Å². The Morgan fingerprint density at radius 3 is 2.00 bits per heavy atom. The predicted octanol–water partition coefficient (Wildman–Crippen LogP) is 7.49. The maximum absolute atomic E-state index is 14.2. The first-order valence-electron chi connectivity index (χ1n) is 11.2. The molecule has 0 aromatic heterocycles. The standard InChI is InChI=1S/C25H30F4O3/c1-3-5-17-6-8-18(9-7-17)19-10-12-20(13-11-19)32-25(28,29)16-31-22-15-14-21(30-4-2)23(26)24(22)27/h10-15,17-18H,3-9,16H2,1-2H3. The van der Waals surface area contributed by atoms with Crippen molar-refractivity contribution in [2.75, 3.05) is 13.2 Å². The predicted molar refractivity (Wildman–Crippen MR) is 115 cm³/mol. The fourth-order valence-corrected chi connectivity index (χ4v) is 4.26. The minimum atomic E-state index is -3.72. The van der Waals surface area contributed by atoms with Crippen molar-refractivity contribution in [1.82, 2.24) is 0 Å². The third kappa shape index (κ3) is 6.30. The SMILES string of the molecule is CCCC1CCC(c2ccc(OC(F)(F)COc3ccc(OCC)c(F)c3F)cc2)CC1. The summed E-state index contributed by atoms with van der Waals surface area (Å²) in [6.45, 7) is 2.70. The summed E-state index contributed by atoms with van der Waals surface area (Å²) in [6, 6.07) is 8.84. The van der Waals surface area contributed by atoms with Gasteiger partial charge in [0.25, 0.3) is 0 Å². The number of hydrogen-bond donors (Lipinski definition) is 0. The average Bonchev–Trinajstić information content (AvgIpc) is 2.78. The molecule has 1 aliphatic rings. The maximum Gasteiger partial charge on any atom is 0.432 e. The molecule has 176 valence electrons. The van der Waals surface area contributed by atoms with Gasteiger partial charge in [0.1, 0.15) is 5.75 Å². The minimum absolute atomic E-state index is 0.0136. The molecular weight excluding hydrogens is 424 g/mol. The summed E-state index contributed by atoms with van der Waals surface area (Å²) in [5.74, 6) is -2.38. The van der Waals surface area contributed by atoms with E-state index in [9.17, 15) is 17.6 Å². The van der Waals surface area contributed by atoms with Crippen LogP contribution in [0.5, 0.6) is 17.2 Å². The molecule has 2 aromatic carbocycles. The number of alkyl halides is 2. The van der Waals surface area contributed by atoms with E-state index in [0.717, 1.165) is 36.5 Å². The summed E-state index contributed by atoms with van der Waals surface area (Å²) in [5, 5.41) is 0. The summed E-state index contributed by atoms with van der Waals surface area (Å²) in [6.07, 6.45) is 3.38. The van der Waals surface area contributed by atoms with Crippen molar-refractivity contribution in [1.29, 1.82) is 0 Å². The highest BCUT2D eigenvalue weighted by molar-refractivity contribution is 5.35. The second-order valence-electron chi connectivity index (χ2n) is 8.23. The van der Waals surface area contributed by atoms with E-state index in [1.165, 1.54) is 37.8 Å². The zero-order valence-electron chi connectivity index (χ0n) is 18.5. The van der Waals surface area contributed by atoms with Crippen LogP contribution in [-0.2, 0) is 0 Å². The van der Waals surface area contributed by atoms with Crippen molar-refractivity contribution in [3.8, 4) is 17.2 Å². The largest absolute Gasteiger partial charge is 0.491 e. The van der Waals surface area contributed by atoms with Crippen molar-refractivity contribution in [2.24, 2.45) is 5.92 Å². The zero-order chi connectivity index (χ0) is 23.1. The van der Waals surface area contributed by atoms with Crippen LogP contribution in [0.4, 0.5) is 17.6 Å². The number of rotatable bonds is 10. The molecule has 0 radical (unpaired) electrons. The van der Waals surface area contributed by atoms with E-state index < -0.39 is 30.1 Å². The van der Waals surface area contributed by atoms with Gasteiger partial charge in [0.2, 0.25) is 11.6 Å². The lowest BCUT2D eigenvalue weighted by molar-refractivity contribution is -0.195. The van der Waals surface area contributed by atoms with Gasteiger partial charge >= 0.3 is 6.11 Å². The van der Waals surface area contributed by atoms with E-state index in [4.69, 9.17) is 14.2 Å². The summed E-state index contributed by atoms with van der Waals surface area (Å²) in [5.41, 5.74) is 1.12. The molecule has 3 nitrogen and oxygen atoms in total. The fourth-order valence-electron chi connectivity index (χ4n) is 4.26. The van der Waals surface area contributed by atoms with E-state index in [0.29, 0.717) is 5.92 Å². The van der Waals surface area contributed by atoms with E-state index in [1.54, 1.807) is 6.92 Å². The summed E-state index contributed by atoms with van der Waals surface area (Å²) < 4.78 is 70.8. The highest BCUT2D eigenvalue weighted by Crippen LogP contribution is 2.38. The number of ether oxygens (including phenoxy) is 3. The van der Waals surface area contributed by atoms with Crippen LogP contribution in [0.25, 0.3) is 0 Å². The fraction of sp³-hybridized carbons (Fsp3) is 0.520. The normalized spacial score (nSPS) is 18.9. The van der Waals surface area contributed by atoms with Crippen LogP contribution in [0.1, 0.15) is 63.9 Å². The molecule has 0 spiro atoms. The van der Waals surface area contributed by atoms with Gasteiger partial charge in [-0.3, -0.25) is 0 Å². The Hall–Kier alpha value is -2.44. The summed E-state index contributed by atoms with van der Waals surface area (Å²) >= 11 is 0. The van der Waals surface area contributed by atoms with Gasteiger partial charge in [0.05, 0.1) is 6.61 Å². The van der Waals surface area contributed by atoms with Crippen LogP contribution in [0.2, 0.25) is 0 Å². The van der Waals surface area contributed by atoms with Crippen molar-refractivity contribution < 1.29 is 31.8 Å². The molecule has 7 heteroatoms. The number of hydrogen-bond acceptors (Lipinski definition) is 3. The smallest absolute Gasteiger partial charge is 0.432 e. The molecule has 0 N–H and O–H groups in total. The Bertz CT molecular complexity index is 862. The Morgan fingerprint density at radius 2 is 1.44 bits per heavy atom. The third-order valence-corrected chi connectivity index (χ3v) is 5.87. The summed E-state index contributed by atoms with van der Waals surface area (Å²) in [7, 11) is 0. The van der Waals surface area contributed by atoms with Crippen molar-refractivity contribution in [3.05, 3.63) is 53.6 Å².